The molecule has 8 heteroatoms. The van der Waals surface area contributed by atoms with Gasteiger partial charge in [-0.1, -0.05) is 0 Å². The van der Waals surface area contributed by atoms with E-state index < -0.39 is 0 Å². The fourth-order valence-corrected chi connectivity index (χ4v) is 3.62. The second-order valence-corrected chi connectivity index (χ2v) is 6.95. The van der Waals surface area contributed by atoms with Crippen molar-refractivity contribution in [2.45, 2.75) is 43.9 Å². The molecule has 1 saturated heterocycles. The van der Waals surface area contributed by atoms with Gasteiger partial charge in [0.25, 0.3) is 0 Å². The Hall–Kier alpha value is -2.32. The number of nitrogens with zero attached hydrogens (tertiary/aromatic N) is 6. The molecule has 1 aliphatic carbocycles. The zero-order valence-electron chi connectivity index (χ0n) is 14.2. The molecule has 25 heavy (non-hydrogen) atoms. The van der Waals surface area contributed by atoms with Crippen molar-refractivity contribution >= 4 is 5.78 Å². The van der Waals surface area contributed by atoms with E-state index in [1.165, 1.54) is 12.8 Å². The van der Waals surface area contributed by atoms with Crippen LogP contribution in [0.25, 0.3) is 5.78 Å². The lowest BCUT2D eigenvalue weighted by molar-refractivity contribution is 0.107. The second kappa shape index (κ2) is 5.89. The highest BCUT2D eigenvalue weighted by atomic mass is 16.5. The number of aromatic amines is 1. The van der Waals surface area contributed by atoms with Gasteiger partial charge in [-0.25, -0.2) is 15.0 Å². The fraction of sp³-hybridized carbons (Fsp3) is 0.529. The molecular formula is C17H21N7O. The molecule has 1 N–H and O–H groups in total. The van der Waals surface area contributed by atoms with Crippen LogP contribution in [0.4, 0.5) is 0 Å². The number of methoxy groups -OCH3 is 1. The zero-order chi connectivity index (χ0) is 16.8. The summed E-state index contributed by atoms with van der Waals surface area (Å²) in [6.07, 6.45) is 9.31. The molecule has 2 fully saturated rings. The van der Waals surface area contributed by atoms with Crippen molar-refractivity contribution in [1.82, 2.24) is 34.4 Å². The van der Waals surface area contributed by atoms with Crippen molar-refractivity contribution in [3.05, 3.63) is 42.0 Å². The minimum Gasteiger partial charge on any atom is -0.380 e. The van der Waals surface area contributed by atoms with Gasteiger partial charge in [-0.2, -0.15) is 5.10 Å². The van der Waals surface area contributed by atoms with E-state index in [-0.39, 0.29) is 12.1 Å². The first-order valence-corrected chi connectivity index (χ1v) is 8.78. The van der Waals surface area contributed by atoms with Gasteiger partial charge >= 0.3 is 0 Å². The Morgan fingerprint density at radius 3 is 3.04 bits per heavy atom. The number of rotatable bonds is 5. The molecular weight excluding hydrogens is 318 g/mol. The highest BCUT2D eigenvalue weighted by Gasteiger charge is 2.37. The number of fused-ring (bicyclic) bond motifs is 1. The molecule has 0 radical (unpaired) electrons. The lowest BCUT2D eigenvalue weighted by atomic mass is 10.2. The van der Waals surface area contributed by atoms with E-state index in [2.05, 4.69) is 25.1 Å². The average Bonchev–Trinajstić information content (AvgIpc) is 3.07. The molecule has 8 nitrogen and oxygen atoms in total. The summed E-state index contributed by atoms with van der Waals surface area (Å²) in [7, 11) is 1.77. The third kappa shape index (κ3) is 2.81. The van der Waals surface area contributed by atoms with Gasteiger partial charge < -0.3 is 4.74 Å². The van der Waals surface area contributed by atoms with Crippen molar-refractivity contribution in [2.75, 3.05) is 13.7 Å². The van der Waals surface area contributed by atoms with Gasteiger partial charge in [0.1, 0.15) is 5.82 Å². The highest BCUT2D eigenvalue weighted by molar-refractivity contribution is 5.29. The summed E-state index contributed by atoms with van der Waals surface area (Å²) >= 11 is 0. The average molecular weight is 339 g/mol. The van der Waals surface area contributed by atoms with Crippen LogP contribution < -0.4 is 0 Å². The Morgan fingerprint density at radius 1 is 1.32 bits per heavy atom. The third-order valence-electron chi connectivity index (χ3n) is 5.13. The number of ether oxygens (including phenoxy) is 1. The molecule has 2 atom stereocenters. The fourth-order valence-electron chi connectivity index (χ4n) is 3.62. The smallest absolute Gasteiger partial charge is 0.233 e. The summed E-state index contributed by atoms with van der Waals surface area (Å²) in [5, 5.41) is 7.58. The van der Waals surface area contributed by atoms with E-state index in [1.54, 1.807) is 13.3 Å². The quantitative estimate of drug-likeness (QED) is 0.761. The summed E-state index contributed by atoms with van der Waals surface area (Å²) in [6.45, 7) is 1.61. The first kappa shape index (κ1) is 15.0. The van der Waals surface area contributed by atoms with Crippen LogP contribution in [0.1, 0.15) is 48.6 Å². The SMILES string of the molecule is CO[C@@H]1C[C@@H](c2nc(C3CC3)n[nH]2)N(Cc2cn3cccnc3n2)C1. The van der Waals surface area contributed by atoms with Crippen LogP contribution in [0.2, 0.25) is 0 Å². The largest absolute Gasteiger partial charge is 0.380 e. The van der Waals surface area contributed by atoms with Gasteiger partial charge in [-0.15, -0.1) is 0 Å². The van der Waals surface area contributed by atoms with Crippen LogP contribution in [0.3, 0.4) is 0 Å². The summed E-state index contributed by atoms with van der Waals surface area (Å²) in [5.74, 6) is 3.20. The van der Waals surface area contributed by atoms with Crippen LogP contribution >= 0.6 is 0 Å². The van der Waals surface area contributed by atoms with Crippen molar-refractivity contribution in [3.63, 3.8) is 0 Å². The summed E-state index contributed by atoms with van der Waals surface area (Å²) in [5.41, 5.74) is 1.00. The molecule has 0 unspecified atom stereocenters. The van der Waals surface area contributed by atoms with Gasteiger partial charge in [-0.3, -0.25) is 14.4 Å². The second-order valence-electron chi connectivity index (χ2n) is 6.95. The first-order chi connectivity index (χ1) is 12.3. The van der Waals surface area contributed by atoms with E-state index in [0.29, 0.717) is 5.92 Å². The molecule has 0 amide bonds. The van der Waals surface area contributed by atoms with Crippen molar-refractivity contribution < 1.29 is 4.74 Å². The highest BCUT2D eigenvalue weighted by Crippen LogP contribution is 2.39. The van der Waals surface area contributed by atoms with Crippen LogP contribution in [-0.4, -0.2) is 54.2 Å². The Labute approximate surface area is 145 Å². The van der Waals surface area contributed by atoms with Gasteiger partial charge in [0.2, 0.25) is 5.78 Å². The van der Waals surface area contributed by atoms with E-state index in [9.17, 15) is 0 Å². The maximum Gasteiger partial charge on any atom is 0.233 e. The summed E-state index contributed by atoms with van der Waals surface area (Å²) < 4.78 is 7.57. The van der Waals surface area contributed by atoms with Crippen molar-refractivity contribution in [1.29, 1.82) is 0 Å². The number of H-pyrrole nitrogens is 1. The van der Waals surface area contributed by atoms with E-state index in [4.69, 9.17) is 9.72 Å². The number of likely N-dealkylation sites (tertiary alicyclic amines) is 1. The molecule has 1 aliphatic heterocycles. The molecule has 0 spiro atoms. The predicted octanol–water partition coefficient (Wildman–Crippen LogP) is 1.69. The number of nitrogens with one attached hydrogen (secondary N) is 1. The topological polar surface area (TPSA) is 84.2 Å². The monoisotopic (exact) mass is 339 g/mol. The predicted molar refractivity (Wildman–Crippen MR) is 89.9 cm³/mol. The van der Waals surface area contributed by atoms with E-state index in [1.807, 2.05) is 22.9 Å². The minimum atomic E-state index is 0.183. The molecule has 3 aromatic rings. The van der Waals surface area contributed by atoms with Crippen LogP contribution in [-0.2, 0) is 11.3 Å². The van der Waals surface area contributed by atoms with Crippen LogP contribution in [0, 0.1) is 0 Å². The van der Waals surface area contributed by atoms with Crippen molar-refractivity contribution in [3.8, 4) is 0 Å². The first-order valence-electron chi connectivity index (χ1n) is 8.78. The van der Waals surface area contributed by atoms with Gasteiger partial charge in [0, 0.05) is 44.7 Å². The van der Waals surface area contributed by atoms with Gasteiger partial charge in [-0.05, 0) is 25.3 Å². The molecule has 3 aromatic heterocycles. The number of imidazole rings is 1. The summed E-state index contributed by atoms with van der Waals surface area (Å²) in [4.78, 5) is 16.0. The Bertz CT molecular complexity index is 851. The lowest BCUT2D eigenvalue weighted by Gasteiger charge is -2.20. The molecule has 0 bridgehead atoms. The minimum absolute atomic E-state index is 0.183. The maximum atomic E-state index is 5.61. The molecule has 5 rings (SSSR count). The Kier molecular flexibility index (Phi) is 3.53. The normalized spacial score (nSPS) is 24.4. The van der Waals surface area contributed by atoms with Crippen LogP contribution in [0.5, 0.6) is 0 Å². The van der Waals surface area contributed by atoms with Gasteiger partial charge in [0.05, 0.1) is 17.8 Å². The number of hydrogen-bond donors (Lipinski definition) is 1. The zero-order valence-corrected chi connectivity index (χ0v) is 14.2. The number of aromatic nitrogens is 6. The van der Waals surface area contributed by atoms with Gasteiger partial charge in [0.15, 0.2) is 5.82 Å². The molecule has 0 aromatic carbocycles. The third-order valence-corrected chi connectivity index (χ3v) is 5.13. The van der Waals surface area contributed by atoms with E-state index in [0.717, 1.165) is 42.6 Å². The summed E-state index contributed by atoms with van der Waals surface area (Å²) in [6, 6.07) is 2.09. The van der Waals surface area contributed by atoms with Crippen LogP contribution in [0.15, 0.2) is 24.7 Å². The molecule has 1 saturated carbocycles. The number of hydrogen-bond acceptors (Lipinski definition) is 6. The van der Waals surface area contributed by atoms with Crippen molar-refractivity contribution in [2.24, 2.45) is 0 Å². The Balaban J connectivity index is 1.40. The Morgan fingerprint density at radius 2 is 2.24 bits per heavy atom. The molecule has 2 aliphatic rings. The van der Waals surface area contributed by atoms with E-state index >= 15 is 0 Å². The standard InChI is InChI=1S/C17H21N7O/c1-25-13-7-14(16-20-15(21-22-16)11-3-4-11)24(10-13)9-12-8-23-6-2-5-18-17(23)19-12/h2,5-6,8,11,13-14H,3-4,7,9-10H2,1H3,(H,20,21,22)/t13-,14+/m1/s1. The molecule has 4 heterocycles. The lowest BCUT2D eigenvalue weighted by Crippen LogP contribution is -2.25. The maximum absolute atomic E-state index is 5.61. The molecule has 130 valence electrons.